The van der Waals surface area contributed by atoms with Crippen LogP contribution >= 0.6 is 0 Å². The van der Waals surface area contributed by atoms with E-state index in [4.69, 9.17) is 4.74 Å². The number of ether oxygens (including phenoxy) is 1. The zero-order valence-electron chi connectivity index (χ0n) is 15.4. The van der Waals surface area contributed by atoms with Crippen LogP contribution in [0.4, 0.5) is 5.82 Å². The number of nitrogens with one attached hydrogen (secondary N) is 1. The van der Waals surface area contributed by atoms with Crippen molar-refractivity contribution >= 4 is 5.82 Å². The van der Waals surface area contributed by atoms with E-state index in [0.717, 1.165) is 34.8 Å². The lowest BCUT2D eigenvalue weighted by atomic mass is 9.98. The molecule has 5 nitrogen and oxygen atoms in total. The maximum Gasteiger partial charge on any atom is 0.149 e. The molecule has 2 heterocycles. The van der Waals surface area contributed by atoms with Crippen molar-refractivity contribution in [2.24, 2.45) is 5.92 Å². The SMILES string of the molecule is COc1ccccc1-c1ccc(NC(CC(C)C)c2cccnc2)nn1. The van der Waals surface area contributed by atoms with Crippen molar-refractivity contribution in [3.8, 4) is 17.0 Å². The Morgan fingerprint density at radius 1 is 1.00 bits per heavy atom. The topological polar surface area (TPSA) is 59.9 Å². The van der Waals surface area contributed by atoms with E-state index in [0.29, 0.717) is 5.92 Å². The standard InChI is InChI=1S/C21H24N4O/c1-15(2)13-19(16-7-6-12-22-14-16)23-21-11-10-18(24-25-21)17-8-4-5-9-20(17)26-3/h4-12,14-15,19H,13H2,1-3H3,(H,23,25). The smallest absolute Gasteiger partial charge is 0.149 e. The molecule has 1 unspecified atom stereocenters. The monoisotopic (exact) mass is 348 g/mol. The van der Waals surface area contributed by atoms with E-state index in [1.165, 1.54) is 0 Å². The summed E-state index contributed by atoms with van der Waals surface area (Å²) in [6.45, 7) is 4.42. The second-order valence-corrected chi connectivity index (χ2v) is 6.62. The fraction of sp³-hybridized carbons (Fsp3) is 0.286. The fourth-order valence-corrected chi connectivity index (χ4v) is 2.92. The number of para-hydroxylation sites is 1. The highest BCUT2D eigenvalue weighted by Gasteiger charge is 2.15. The zero-order valence-corrected chi connectivity index (χ0v) is 15.4. The number of hydrogen-bond donors (Lipinski definition) is 1. The molecule has 134 valence electrons. The molecule has 0 saturated heterocycles. The summed E-state index contributed by atoms with van der Waals surface area (Å²) in [5.41, 5.74) is 2.87. The van der Waals surface area contributed by atoms with Crippen molar-refractivity contribution in [1.82, 2.24) is 15.2 Å². The van der Waals surface area contributed by atoms with Gasteiger partial charge in [-0.3, -0.25) is 4.98 Å². The van der Waals surface area contributed by atoms with Gasteiger partial charge in [0.15, 0.2) is 0 Å². The number of pyridine rings is 1. The van der Waals surface area contributed by atoms with E-state index in [1.54, 1.807) is 13.3 Å². The van der Waals surface area contributed by atoms with Gasteiger partial charge in [0.1, 0.15) is 11.6 Å². The van der Waals surface area contributed by atoms with Crippen LogP contribution in [0.5, 0.6) is 5.75 Å². The first kappa shape index (κ1) is 17.9. The Morgan fingerprint density at radius 2 is 1.85 bits per heavy atom. The maximum atomic E-state index is 5.41. The fourth-order valence-electron chi connectivity index (χ4n) is 2.92. The lowest BCUT2D eigenvalue weighted by molar-refractivity contribution is 0.416. The van der Waals surface area contributed by atoms with Gasteiger partial charge in [0.2, 0.25) is 0 Å². The number of methoxy groups -OCH3 is 1. The van der Waals surface area contributed by atoms with Gasteiger partial charge >= 0.3 is 0 Å². The van der Waals surface area contributed by atoms with Crippen LogP contribution in [-0.2, 0) is 0 Å². The highest BCUT2D eigenvalue weighted by atomic mass is 16.5. The molecule has 0 bridgehead atoms. The lowest BCUT2D eigenvalue weighted by Gasteiger charge is -2.21. The Balaban J connectivity index is 1.81. The van der Waals surface area contributed by atoms with E-state index in [-0.39, 0.29) is 6.04 Å². The van der Waals surface area contributed by atoms with E-state index in [9.17, 15) is 0 Å². The normalized spacial score (nSPS) is 12.0. The summed E-state index contributed by atoms with van der Waals surface area (Å²) in [7, 11) is 1.66. The Kier molecular flexibility index (Phi) is 5.79. The summed E-state index contributed by atoms with van der Waals surface area (Å²) in [5.74, 6) is 2.09. The number of aromatic nitrogens is 3. The van der Waals surface area contributed by atoms with E-state index >= 15 is 0 Å². The van der Waals surface area contributed by atoms with Crippen LogP contribution in [0.2, 0.25) is 0 Å². The van der Waals surface area contributed by atoms with Crippen LogP contribution in [-0.4, -0.2) is 22.3 Å². The quantitative estimate of drug-likeness (QED) is 0.668. The second-order valence-electron chi connectivity index (χ2n) is 6.62. The summed E-state index contributed by atoms with van der Waals surface area (Å²) in [6.07, 6.45) is 4.68. The Bertz CT molecular complexity index is 819. The third-order valence-electron chi connectivity index (χ3n) is 4.16. The molecular weight excluding hydrogens is 324 g/mol. The van der Waals surface area contributed by atoms with Crippen LogP contribution in [0, 0.1) is 5.92 Å². The minimum atomic E-state index is 0.148. The van der Waals surface area contributed by atoms with Crippen molar-refractivity contribution in [3.63, 3.8) is 0 Å². The van der Waals surface area contributed by atoms with Gasteiger partial charge in [0.05, 0.1) is 18.8 Å². The highest BCUT2D eigenvalue weighted by molar-refractivity contribution is 5.67. The molecule has 1 N–H and O–H groups in total. The van der Waals surface area contributed by atoms with Gasteiger partial charge in [-0.05, 0) is 48.2 Å². The number of nitrogens with zero attached hydrogens (tertiary/aromatic N) is 3. The Labute approximate surface area is 154 Å². The first-order valence-corrected chi connectivity index (χ1v) is 8.81. The summed E-state index contributed by atoms with van der Waals surface area (Å²) >= 11 is 0. The number of hydrogen-bond acceptors (Lipinski definition) is 5. The average Bonchev–Trinajstić information content (AvgIpc) is 2.68. The highest BCUT2D eigenvalue weighted by Crippen LogP contribution is 2.29. The molecule has 0 amide bonds. The van der Waals surface area contributed by atoms with Crippen LogP contribution in [0.15, 0.2) is 60.9 Å². The number of benzene rings is 1. The second kappa shape index (κ2) is 8.43. The Morgan fingerprint density at radius 3 is 2.50 bits per heavy atom. The molecule has 3 aromatic rings. The van der Waals surface area contributed by atoms with Gasteiger partial charge in [-0.15, -0.1) is 10.2 Å². The van der Waals surface area contributed by atoms with Crippen LogP contribution in [0.25, 0.3) is 11.3 Å². The van der Waals surface area contributed by atoms with Gasteiger partial charge in [-0.2, -0.15) is 0 Å². The van der Waals surface area contributed by atoms with Crippen molar-refractivity contribution in [2.45, 2.75) is 26.3 Å². The lowest BCUT2D eigenvalue weighted by Crippen LogP contribution is -2.14. The van der Waals surface area contributed by atoms with Crippen molar-refractivity contribution < 1.29 is 4.74 Å². The van der Waals surface area contributed by atoms with Gasteiger partial charge < -0.3 is 10.1 Å². The summed E-state index contributed by atoms with van der Waals surface area (Å²) in [5, 5.41) is 12.2. The minimum Gasteiger partial charge on any atom is -0.496 e. The molecule has 1 aromatic carbocycles. The minimum absolute atomic E-state index is 0.148. The maximum absolute atomic E-state index is 5.41. The summed E-state index contributed by atoms with van der Waals surface area (Å²) < 4.78 is 5.41. The summed E-state index contributed by atoms with van der Waals surface area (Å²) in [6, 6.07) is 15.9. The predicted octanol–water partition coefficient (Wildman–Crippen LogP) is 4.75. The number of anilines is 1. The predicted molar refractivity (Wildman–Crippen MR) is 104 cm³/mol. The Hall–Kier alpha value is -2.95. The molecule has 0 aliphatic carbocycles. The summed E-state index contributed by atoms with van der Waals surface area (Å²) in [4.78, 5) is 4.24. The zero-order chi connectivity index (χ0) is 18.4. The third kappa shape index (κ3) is 4.36. The molecule has 0 fully saturated rings. The molecule has 1 atom stereocenters. The van der Waals surface area contributed by atoms with Gasteiger partial charge in [0.25, 0.3) is 0 Å². The molecule has 0 spiro atoms. The van der Waals surface area contributed by atoms with Crippen molar-refractivity contribution in [3.05, 3.63) is 66.5 Å². The largest absolute Gasteiger partial charge is 0.496 e. The van der Waals surface area contributed by atoms with Crippen LogP contribution in [0.3, 0.4) is 0 Å². The molecule has 3 rings (SSSR count). The molecule has 2 aromatic heterocycles. The average molecular weight is 348 g/mol. The van der Waals surface area contributed by atoms with E-state index in [1.807, 2.05) is 48.7 Å². The first-order valence-electron chi connectivity index (χ1n) is 8.81. The molecular formula is C21H24N4O. The van der Waals surface area contributed by atoms with Gasteiger partial charge in [-0.25, -0.2) is 0 Å². The molecule has 0 saturated carbocycles. The first-order chi connectivity index (χ1) is 12.7. The molecule has 0 radical (unpaired) electrons. The molecule has 0 aliphatic heterocycles. The third-order valence-corrected chi connectivity index (χ3v) is 4.16. The van der Waals surface area contributed by atoms with Gasteiger partial charge in [-0.1, -0.05) is 32.0 Å². The molecule has 5 heteroatoms. The van der Waals surface area contributed by atoms with Crippen LogP contribution in [0.1, 0.15) is 31.9 Å². The van der Waals surface area contributed by atoms with Crippen molar-refractivity contribution in [2.75, 3.05) is 12.4 Å². The number of rotatable bonds is 7. The van der Waals surface area contributed by atoms with Gasteiger partial charge in [0, 0.05) is 18.0 Å². The van der Waals surface area contributed by atoms with E-state index in [2.05, 4.69) is 40.4 Å². The molecule has 0 aliphatic rings. The van der Waals surface area contributed by atoms with Crippen molar-refractivity contribution in [1.29, 1.82) is 0 Å². The van der Waals surface area contributed by atoms with Crippen LogP contribution < -0.4 is 10.1 Å². The van der Waals surface area contributed by atoms with E-state index < -0.39 is 0 Å². The molecule has 26 heavy (non-hydrogen) atoms.